The van der Waals surface area contributed by atoms with Gasteiger partial charge in [0.15, 0.2) is 11.6 Å². The molecule has 204 valence electrons. The topological polar surface area (TPSA) is 120 Å². The summed E-state index contributed by atoms with van der Waals surface area (Å²) in [5, 5.41) is 12.1. The van der Waals surface area contributed by atoms with Crippen LogP contribution < -0.4 is 16.4 Å². The van der Waals surface area contributed by atoms with Crippen LogP contribution in [0.15, 0.2) is 36.8 Å². The Labute approximate surface area is 233 Å². The van der Waals surface area contributed by atoms with Crippen LogP contribution in [-0.2, 0) is 22.6 Å². The molecular formula is C27H35Cl2N7O2. The number of anilines is 2. The van der Waals surface area contributed by atoms with Crippen LogP contribution in [0.4, 0.5) is 11.6 Å². The third kappa shape index (κ3) is 7.58. The first kappa shape index (κ1) is 28.1. The first-order valence-electron chi connectivity index (χ1n) is 13.1. The van der Waals surface area contributed by atoms with Crippen LogP contribution >= 0.6 is 23.2 Å². The predicted molar refractivity (Wildman–Crippen MR) is 151 cm³/mol. The Balaban J connectivity index is 1.35. The van der Waals surface area contributed by atoms with Gasteiger partial charge in [-0.15, -0.1) is 0 Å². The Morgan fingerprint density at radius 2 is 1.95 bits per heavy atom. The summed E-state index contributed by atoms with van der Waals surface area (Å²) >= 11 is 12.5. The highest BCUT2D eigenvalue weighted by atomic mass is 35.5. The Hall–Kier alpha value is -2.88. The fourth-order valence-electron chi connectivity index (χ4n) is 4.50. The summed E-state index contributed by atoms with van der Waals surface area (Å²) in [5.41, 5.74) is 8.23. The molecule has 1 atom stereocenters. The second-order valence-electron chi connectivity index (χ2n) is 10.0. The van der Waals surface area contributed by atoms with Gasteiger partial charge in [-0.2, -0.15) is 5.10 Å². The average molecular weight is 561 g/mol. The molecule has 0 spiro atoms. The van der Waals surface area contributed by atoms with Crippen LogP contribution in [0.5, 0.6) is 0 Å². The lowest BCUT2D eigenvalue weighted by Gasteiger charge is -2.21. The number of esters is 1. The van der Waals surface area contributed by atoms with Gasteiger partial charge in [0.1, 0.15) is 12.1 Å². The van der Waals surface area contributed by atoms with E-state index in [1.165, 1.54) is 0 Å². The van der Waals surface area contributed by atoms with Gasteiger partial charge in [-0.25, -0.2) is 9.97 Å². The zero-order valence-electron chi connectivity index (χ0n) is 21.8. The van der Waals surface area contributed by atoms with E-state index in [0.29, 0.717) is 47.1 Å². The number of nitrogens with zero attached hydrogens (tertiary/aromatic N) is 4. The molecule has 1 saturated carbocycles. The molecule has 0 saturated heterocycles. The summed E-state index contributed by atoms with van der Waals surface area (Å²) < 4.78 is 7.56. The molecule has 1 fully saturated rings. The lowest BCUT2D eigenvalue weighted by atomic mass is 10.0. The average Bonchev–Trinajstić information content (AvgIpc) is 3.56. The largest absolute Gasteiger partial charge is 0.461 e. The van der Waals surface area contributed by atoms with E-state index in [1.807, 2.05) is 10.9 Å². The molecule has 4 N–H and O–H groups in total. The molecule has 0 amide bonds. The quantitative estimate of drug-likeness (QED) is 0.254. The first-order valence-corrected chi connectivity index (χ1v) is 13.8. The normalized spacial score (nSPS) is 14.7. The van der Waals surface area contributed by atoms with Crippen molar-refractivity contribution in [2.24, 2.45) is 5.92 Å². The molecule has 0 aliphatic heterocycles. The maximum atomic E-state index is 12.8. The molecule has 2 heterocycles. The number of nitrogens with two attached hydrogens (primary N) is 1. The van der Waals surface area contributed by atoms with Crippen molar-refractivity contribution >= 4 is 40.8 Å². The van der Waals surface area contributed by atoms with E-state index >= 15 is 0 Å². The molecule has 1 aliphatic rings. The molecule has 2 aromatic heterocycles. The maximum Gasteiger partial charge on any atom is 0.323 e. The number of aromatic nitrogens is 4. The SMILES string of the molecule is CC(C)C[C@@H](NCCn1cc(-c2cnc(N)c(NCc3c(Cl)cccc3Cl)n2)cn1)C(=O)OC1CCCC1. The number of benzene rings is 1. The number of hydrogen-bond donors (Lipinski definition) is 3. The molecule has 0 radical (unpaired) electrons. The Morgan fingerprint density at radius 3 is 2.66 bits per heavy atom. The Morgan fingerprint density at radius 1 is 1.21 bits per heavy atom. The van der Waals surface area contributed by atoms with Gasteiger partial charge < -0.3 is 21.1 Å². The van der Waals surface area contributed by atoms with Crippen molar-refractivity contribution in [2.45, 2.75) is 71.2 Å². The summed E-state index contributed by atoms with van der Waals surface area (Å²) in [6.07, 6.45) is 10.2. The van der Waals surface area contributed by atoms with Gasteiger partial charge in [0, 0.05) is 40.5 Å². The van der Waals surface area contributed by atoms with Gasteiger partial charge in [-0.05, 0) is 50.2 Å². The molecule has 38 heavy (non-hydrogen) atoms. The Bertz CT molecular complexity index is 1210. The molecule has 11 heteroatoms. The highest BCUT2D eigenvalue weighted by Crippen LogP contribution is 2.27. The van der Waals surface area contributed by atoms with E-state index in [2.05, 4.69) is 39.5 Å². The second-order valence-corrected chi connectivity index (χ2v) is 10.8. The lowest BCUT2D eigenvalue weighted by molar-refractivity contribution is -0.151. The zero-order valence-corrected chi connectivity index (χ0v) is 23.3. The van der Waals surface area contributed by atoms with E-state index in [4.69, 9.17) is 33.7 Å². The van der Waals surface area contributed by atoms with E-state index in [1.54, 1.807) is 30.6 Å². The van der Waals surface area contributed by atoms with Crippen LogP contribution in [0.3, 0.4) is 0 Å². The van der Waals surface area contributed by atoms with Gasteiger partial charge in [-0.3, -0.25) is 9.48 Å². The van der Waals surface area contributed by atoms with Gasteiger partial charge >= 0.3 is 5.97 Å². The van der Waals surface area contributed by atoms with Gasteiger partial charge in [0.25, 0.3) is 0 Å². The van der Waals surface area contributed by atoms with Crippen molar-refractivity contribution < 1.29 is 9.53 Å². The van der Waals surface area contributed by atoms with Crippen LogP contribution in [0.1, 0.15) is 51.5 Å². The highest BCUT2D eigenvalue weighted by Gasteiger charge is 2.26. The zero-order chi connectivity index (χ0) is 27.1. The summed E-state index contributed by atoms with van der Waals surface area (Å²) in [7, 11) is 0. The first-order chi connectivity index (χ1) is 18.3. The standard InChI is InChI=1S/C27H35Cl2N7O2/c1-17(2)12-23(27(37)38-19-6-3-4-7-19)31-10-11-36-16-18(13-34-36)24-15-32-25(30)26(35-24)33-14-20-21(28)8-5-9-22(20)29/h5,8-9,13,15-17,19,23,31H,3-4,6-7,10-12,14H2,1-2H3,(H2,30,32)(H,33,35)/t23-/m1/s1. The fourth-order valence-corrected chi connectivity index (χ4v) is 5.03. The number of halogens is 2. The highest BCUT2D eigenvalue weighted by molar-refractivity contribution is 6.36. The Kier molecular flexibility index (Phi) is 9.82. The van der Waals surface area contributed by atoms with E-state index in [-0.39, 0.29) is 23.9 Å². The van der Waals surface area contributed by atoms with Crippen molar-refractivity contribution in [1.29, 1.82) is 0 Å². The number of hydrogen-bond acceptors (Lipinski definition) is 8. The second kappa shape index (κ2) is 13.3. The van der Waals surface area contributed by atoms with Gasteiger partial charge in [-0.1, -0.05) is 43.1 Å². The number of rotatable bonds is 12. The van der Waals surface area contributed by atoms with E-state index < -0.39 is 0 Å². The molecular weight excluding hydrogens is 525 g/mol. The van der Waals surface area contributed by atoms with Gasteiger partial charge in [0.2, 0.25) is 0 Å². The third-order valence-corrected chi connectivity index (χ3v) is 7.24. The predicted octanol–water partition coefficient (Wildman–Crippen LogP) is 5.33. The summed E-state index contributed by atoms with van der Waals surface area (Å²) in [6, 6.07) is 5.03. The number of carbonyl (C=O) groups excluding carboxylic acids is 1. The van der Waals surface area contributed by atoms with Crippen LogP contribution in [0.2, 0.25) is 10.0 Å². The fraction of sp³-hybridized carbons (Fsp3) is 0.481. The number of nitrogen functional groups attached to an aromatic ring is 1. The summed E-state index contributed by atoms with van der Waals surface area (Å²) in [5.74, 6) is 0.933. The van der Waals surface area contributed by atoms with Crippen molar-refractivity contribution in [1.82, 2.24) is 25.1 Å². The number of nitrogens with one attached hydrogen (secondary N) is 2. The number of carbonyl (C=O) groups is 1. The van der Waals surface area contributed by atoms with E-state index in [0.717, 1.165) is 43.2 Å². The van der Waals surface area contributed by atoms with Crippen LogP contribution in [0, 0.1) is 5.92 Å². The number of ether oxygens (including phenoxy) is 1. The van der Waals surface area contributed by atoms with Gasteiger partial charge in [0.05, 0.1) is 24.6 Å². The summed E-state index contributed by atoms with van der Waals surface area (Å²) in [4.78, 5) is 21.7. The van der Waals surface area contributed by atoms with Crippen molar-refractivity contribution in [3.63, 3.8) is 0 Å². The van der Waals surface area contributed by atoms with Crippen LogP contribution in [-0.4, -0.2) is 44.4 Å². The minimum absolute atomic E-state index is 0.0645. The van der Waals surface area contributed by atoms with Crippen LogP contribution in [0.25, 0.3) is 11.3 Å². The molecule has 1 aliphatic carbocycles. The molecule has 1 aromatic carbocycles. The molecule has 4 rings (SSSR count). The molecule has 0 bridgehead atoms. The minimum Gasteiger partial charge on any atom is -0.461 e. The molecule has 0 unspecified atom stereocenters. The van der Waals surface area contributed by atoms with Crippen molar-refractivity contribution in [3.8, 4) is 11.3 Å². The summed E-state index contributed by atoms with van der Waals surface area (Å²) in [6.45, 7) is 5.74. The molecule has 9 nitrogen and oxygen atoms in total. The third-order valence-electron chi connectivity index (χ3n) is 6.53. The minimum atomic E-state index is -0.325. The smallest absolute Gasteiger partial charge is 0.323 e. The van der Waals surface area contributed by atoms with E-state index in [9.17, 15) is 4.79 Å². The molecule has 3 aromatic rings. The lowest BCUT2D eigenvalue weighted by Crippen LogP contribution is -2.41. The monoisotopic (exact) mass is 559 g/mol. The maximum absolute atomic E-state index is 12.8. The van der Waals surface area contributed by atoms with Crippen molar-refractivity contribution in [3.05, 3.63) is 52.4 Å². The van der Waals surface area contributed by atoms with Crippen molar-refractivity contribution in [2.75, 3.05) is 17.6 Å².